The highest BCUT2D eigenvalue weighted by molar-refractivity contribution is 6.88. The Labute approximate surface area is 229 Å². The Balaban J connectivity index is 1.43. The van der Waals surface area contributed by atoms with E-state index in [-0.39, 0.29) is 17.2 Å². The van der Waals surface area contributed by atoms with Crippen LogP contribution in [-0.2, 0) is 12.4 Å². The third-order valence-corrected chi connectivity index (χ3v) is 9.13. The summed E-state index contributed by atoms with van der Waals surface area (Å²) in [6.45, 7) is 6.95. The molecule has 204 valence electrons. The van der Waals surface area contributed by atoms with Gasteiger partial charge in [-0.1, -0.05) is 97.6 Å². The zero-order valence-electron chi connectivity index (χ0n) is 22.1. The van der Waals surface area contributed by atoms with Gasteiger partial charge in [0.05, 0.1) is 19.2 Å². The molecule has 0 saturated carbocycles. The topological polar surface area (TPSA) is 0 Å². The van der Waals surface area contributed by atoms with E-state index in [4.69, 9.17) is 0 Å². The van der Waals surface area contributed by atoms with E-state index in [0.29, 0.717) is 0 Å². The Kier molecular flexibility index (Phi) is 6.90. The van der Waals surface area contributed by atoms with Gasteiger partial charge in [0.2, 0.25) is 0 Å². The van der Waals surface area contributed by atoms with Gasteiger partial charge in [-0.25, -0.2) is 0 Å². The van der Waals surface area contributed by atoms with E-state index in [2.05, 4.69) is 62.1 Å². The first-order valence-electron chi connectivity index (χ1n) is 12.7. The molecule has 0 bridgehead atoms. The van der Waals surface area contributed by atoms with Crippen LogP contribution in [0, 0.1) is 0 Å². The molecule has 0 aliphatic carbocycles. The first-order chi connectivity index (χ1) is 18.7. The lowest BCUT2D eigenvalue weighted by molar-refractivity contribution is -0.143. The number of fused-ring (bicyclic) bond motifs is 1. The Morgan fingerprint density at radius 2 is 0.750 bits per heavy atom. The minimum atomic E-state index is -4.89. The number of halogens is 6. The number of alkyl halides is 6. The average molecular weight is 565 g/mol. The summed E-state index contributed by atoms with van der Waals surface area (Å²) in [5, 5.41) is 3.49. The van der Waals surface area contributed by atoms with Gasteiger partial charge in [0.25, 0.3) is 0 Å². The van der Waals surface area contributed by atoms with Crippen molar-refractivity contribution in [1.82, 2.24) is 0 Å². The van der Waals surface area contributed by atoms with Crippen LogP contribution < -0.4 is 5.19 Å². The summed E-state index contributed by atoms with van der Waals surface area (Å²) in [6.07, 6.45) is -9.78. The van der Waals surface area contributed by atoms with Crippen molar-refractivity contribution in [2.24, 2.45) is 0 Å². The molecule has 0 unspecified atom stereocenters. The molecule has 0 radical (unpaired) electrons. The summed E-state index contributed by atoms with van der Waals surface area (Å²) in [5.74, 6) is 0. The zero-order valence-corrected chi connectivity index (χ0v) is 23.1. The lowest BCUT2D eigenvalue weighted by atomic mass is 9.95. The maximum atomic E-state index is 13.3. The monoisotopic (exact) mass is 564 g/mol. The molecule has 5 rings (SSSR count). The molecule has 0 nitrogen and oxygen atoms in total. The van der Waals surface area contributed by atoms with Crippen molar-refractivity contribution in [3.05, 3.63) is 114 Å². The fourth-order valence-corrected chi connectivity index (χ4v) is 5.91. The summed E-state index contributed by atoms with van der Waals surface area (Å²) >= 11 is 0. The summed E-state index contributed by atoms with van der Waals surface area (Å²) in [6, 6.07) is 29.1. The van der Waals surface area contributed by atoms with Gasteiger partial charge in [-0.15, -0.1) is 0 Å². The van der Waals surface area contributed by atoms with Crippen molar-refractivity contribution in [2.45, 2.75) is 32.0 Å². The van der Waals surface area contributed by atoms with E-state index < -0.39 is 31.6 Å². The maximum Gasteiger partial charge on any atom is 0.416 e. The zero-order chi connectivity index (χ0) is 28.9. The highest BCUT2D eigenvalue weighted by Crippen LogP contribution is 2.39. The number of rotatable bonds is 4. The third-order valence-electron chi connectivity index (χ3n) is 7.06. The van der Waals surface area contributed by atoms with Crippen LogP contribution in [0.25, 0.3) is 44.2 Å². The molecule has 0 fully saturated rings. The molecular formula is C33H26F6Si. The largest absolute Gasteiger partial charge is 0.416 e. The van der Waals surface area contributed by atoms with Crippen LogP contribution in [0.3, 0.4) is 0 Å². The van der Waals surface area contributed by atoms with Gasteiger partial charge >= 0.3 is 12.4 Å². The smallest absolute Gasteiger partial charge is 0.166 e. The van der Waals surface area contributed by atoms with Crippen LogP contribution in [0.15, 0.2) is 103 Å². The molecule has 0 N–H and O–H groups in total. The molecule has 5 aromatic carbocycles. The summed E-state index contributed by atoms with van der Waals surface area (Å²) in [7, 11) is -1.37. The van der Waals surface area contributed by atoms with Crippen molar-refractivity contribution in [3.63, 3.8) is 0 Å². The molecule has 7 heteroatoms. The van der Waals surface area contributed by atoms with Gasteiger partial charge in [0, 0.05) is 0 Å². The minimum Gasteiger partial charge on any atom is -0.166 e. The summed E-state index contributed by atoms with van der Waals surface area (Å²) < 4.78 is 79.7. The highest BCUT2D eigenvalue weighted by atomic mass is 28.3. The molecule has 0 amide bonds. The van der Waals surface area contributed by atoms with E-state index in [1.807, 2.05) is 18.2 Å². The van der Waals surface area contributed by atoms with Crippen molar-refractivity contribution >= 4 is 24.0 Å². The van der Waals surface area contributed by atoms with Crippen LogP contribution in [-0.4, -0.2) is 8.07 Å². The Bertz CT molecular complexity index is 1640. The van der Waals surface area contributed by atoms with Crippen LogP contribution in [0.5, 0.6) is 0 Å². The second-order valence-corrected chi connectivity index (χ2v) is 16.1. The summed E-state index contributed by atoms with van der Waals surface area (Å²) in [4.78, 5) is 0. The van der Waals surface area contributed by atoms with Crippen LogP contribution in [0.4, 0.5) is 26.3 Å². The van der Waals surface area contributed by atoms with E-state index in [1.165, 1.54) is 5.19 Å². The normalized spacial score (nSPS) is 12.6. The van der Waals surface area contributed by atoms with E-state index in [0.717, 1.165) is 45.2 Å². The quantitative estimate of drug-likeness (QED) is 0.150. The van der Waals surface area contributed by atoms with Crippen LogP contribution >= 0.6 is 0 Å². The Morgan fingerprint density at radius 3 is 1.12 bits per heavy atom. The maximum absolute atomic E-state index is 13.3. The van der Waals surface area contributed by atoms with Gasteiger partial charge in [0.1, 0.15) is 0 Å². The molecule has 5 aromatic rings. The number of hydrogen-bond donors (Lipinski definition) is 0. The van der Waals surface area contributed by atoms with Crippen molar-refractivity contribution in [1.29, 1.82) is 0 Å². The molecule has 0 spiro atoms. The van der Waals surface area contributed by atoms with Gasteiger partial charge < -0.3 is 0 Å². The predicted molar refractivity (Wildman–Crippen MR) is 153 cm³/mol. The van der Waals surface area contributed by atoms with Crippen LogP contribution in [0.1, 0.15) is 11.1 Å². The third kappa shape index (κ3) is 5.84. The average Bonchev–Trinajstić information content (AvgIpc) is 2.91. The fraction of sp³-hybridized carbons (Fsp3) is 0.152. The lowest BCUT2D eigenvalue weighted by Crippen LogP contribution is -2.37. The molecule has 0 aliphatic rings. The van der Waals surface area contributed by atoms with E-state index in [9.17, 15) is 26.3 Å². The Morgan fingerprint density at radius 1 is 0.400 bits per heavy atom. The molecule has 40 heavy (non-hydrogen) atoms. The number of benzene rings is 5. The number of hydrogen-bond acceptors (Lipinski definition) is 0. The molecule has 0 saturated heterocycles. The second kappa shape index (κ2) is 9.97. The van der Waals surface area contributed by atoms with E-state index >= 15 is 0 Å². The molecule has 0 aromatic heterocycles. The standard InChI is InChI=1S/C33H26F6Si/c1-40(2,3)31-14-12-22(13-15-31)25-9-11-26-16-24(8-10-27(26)17-25)21-4-6-23(7-5-21)28-18-29(32(34,35)36)20-30(19-28)33(37,38)39/h4-20H,1-3H3. The molecule has 0 aliphatic heterocycles. The fourth-order valence-electron chi connectivity index (χ4n) is 4.74. The SMILES string of the molecule is C[Si](C)(C)c1ccc(-c2ccc3cc(-c4ccc(-c5cc(C(F)(F)F)cc(C(F)(F)F)c5)cc4)ccc3c2)cc1. The van der Waals surface area contributed by atoms with Crippen molar-refractivity contribution in [2.75, 3.05) is 0 Å². The van der Waals surface area contributed by atoms with Crippen molar-refractivity contribution in [3.8, 4) is 33.4 Å². The molecule has 0 heterocycles. The van der Waals surface area contributed by atoms with Gasteiger partial charge in [-0.3, -0.25) is 0 Å². The minimum absolute atomic E-state index is 0.140. The summed E-state index contributed by atoms with van der Waals surface area (Å²) in [5.41, 5.74) is 1.43. The second-order valence-electron chi connectivity index (χ2n) is 11.0. The van der Waals surface area contributed by atoms with Gasteiger partial charge in [-0.2, -0.15) is 26.3 Å². The Hall–Kier alpha value is -3.84. The first-order valence-corrected chi connectivity index (χ1v) is 16.2. The molecule has 0 atom stereocenters. The van der Waals surface area contributed by atoms with Gasteiger partial charge in [0.15, 0.2) is 0 Å². The van der Waals surface area contributed by atoms with E-state index in [1.54, 1.807) is 24.3 Å². The first kappa shape index (κ1) is 27.7. The lowest BCUT2D eigenvalue weighted by Gasteiger charge is -2.17. The van der Waals surface area contributed by atoms with Crippen molar-refractivity contribution < 1.29 is 26.3 Å². The van der Waals surface area contributed by atoms with Gasteiger partial charge in [-0.05, 0) is 74.5 Å². The van der Waals surface area contributed by atoms with Crippen LogP contribution in [0.2, 0.25) is 19.6 Å². The predicted octanol–water partition coefficient (Wildman–Crippen LogP) is 10.4. The highest BCUT2D eigenvalue weighted by Gasteiger charge is 2.37. The molecular weight excluding hydrogens is 538 g/mol.